The molecule has 0 aliphatic carbocycles. The van der Waals surface area contributed by atoms with E-state index in [-0.39, 0.29) is 41.6 Å². The number of carbonyl (C=O) groups is 1. The lowest BCUT2D eigenvalue weighted by Crippen LogP contribution is -2.41. The van der Waals surface area contributed by atoms with Crippen LogP contribution in [0, 0.1) is 4.91 Å². The maximum Gasteiger partial charge on any atom is 0.416 e. The summed E-state index contributed by atoms with van der Waals surface area (Å²) >= 11 is 0. The standard InChI is InChI=1S/C30H27F6N7O3/c1-3-24-11-25(17-43(24)28(44)46-26-6-4-23(40-45)5-7-26)42(27-37-12-19(13-38-27)20-14-39-41(2)16-20)15-18-8-21(29(31,32)33)10-22(9-18)30(34,35)36/h4-10,12-14,16,24-25H,3,11,15,17H2,1-2H3/t24-,25+/m1/s1. The monoisotopic (exact) mass is 647 g/mol. The number of anilines is 1. The van der Waals surface area contributed by atoms with Crippen LogP contribution in [0.4, 0.5) is 42.8 Å². The molecule has 4 aromatic rings. The second-order valence-electron chi connectivity index (χ2n) is 10.8. The molecule has 5 rings (SSSR count). The maximum absolute atomic E-state index is 13.7. The van der Waals surface area contributed by atoms with E-state index in [0.717, 1.165) is 0 Å². The summed E-state index contributed by atoms with van der Waals surface area (Å²) < 4.78 is 89.1. The molecule has 3 heterocycles. The fourth-order valence-electron chi connectivity index (χ4n) is 5.32. The number of carbonyl (C=O) groups excluding carboxylic acids is 1. The molecule has 1 saturated heterocycles. The van der Waals surface area contributed by atoms with Gasteiger partial charge in [0.15, 0.2) is 0 Å². The second kappa shape index (κ2) is 12.8. The first-order valence-corrected chi connectivity index (χ1v) is 14.0. The molecule has 0 bridgehead atoms. The molecule has 1 amide bonds. The molecule has 16 heteroatoms. The highest BCUT2D eigenvalue weighted by Gasteiger charge is 2.41. The number of aryl methyl sites for hydroxylation is 1. The molecule has 242 valence electrons. The van der Waals surface area contributed by atoms with E-state index >= 15 is 0 Å². The summed E-state index contributed by atoms with van der Waals surface area (Å²) in [4.78, 5) is 35.7. The van der Waals surface area contributed by atoms with Crippen molar-refractivity contribution < 1.29 is 35.9 Å². The van der Waals surface area contributed by atoms with E-state index in [4.69, 9.17) is 4.74 Å². The van der Waals surface area contributed by atoms with Crippen molar-refractivity contribution in [2.45, 2.75) is 50.7 Å². The highest BCUT2D eigenvalue weighted by molar-refractivity contribution is 5.72. The molecule has 1 fully saturated rings. The normalized spacial score (nSPS) is 16.8. The van der Waals surface area contributed by atoms with Gasteiger partial charge in [0.05, 0.1) is 23.4 Å². The zero-order chi connectivity index (χ0) is 33.2. The van der Waals surface area contributed by atoms with E-state index in [1.165, 1.54) is 46.5 Å². The Balaban J connectivity index is 1.49. The van der Waals surface area contributed by atoms with E-state index in [2.05, 4.69) is 20.2 Å². The highest BCUT2D eigenvalue weighted by atomic mass is 19.4. The molecular formula is C30H27F6N7O3. The van der Waals surface area contributed by atoms with Crippen molar-refractivity contribution in [2.75, 3.05) is 11.4 Å². The number of aromatic nitrogens is 4. The topological polar surface area (TPSA) is 106 Å². The van der Waals surface area contributed by atoms with Crippen LogP contribution in [0.1, 0.15) is 36.5 Å². The molecule has 2 aromatic heterocycles. The first-order chi connectivity index (χ1) is 21.7. The third-order valence-electron chi connectivity index (χ3n) is 7.62. The lowest BCUT2D eigenvalue weighted by molar-refractivity contribution is -0.143. The van der Waals surface area contributed by atoms with Crippen molar-refractivity contribution in [1.82, 2.24) is 24.6 Å². The number of halogens is 6. The van der Waals surface area contributed by atoms with Gasteiger partial charge in [0, 0.05) is 55.9 Å². The summed E-state index contributed by atoms with van der Waals surface area (Å²) in [7, 11) is 1.73. The molecule has 10 nitrogen and oxygen atoms in total. The van der Waals surface area contributed by atoms with Crippen LogP contribution >= 0.6 is 0 Å². The minimum absolute atomic E-state index is 0.0180. The molecule has 0 radical (unpaired) electrons. The molecule has 2 atom stereocenters. The Labute approximate surface area is 258 Å². The number of ether oxygens (including phenoxy) is 1. The van der Waals surface area contributed by atoms with Crippen molar-refractivity contribution in [3.05, 3.63) is 88.8 Å². The Kier molecular flexibility index (Phi) is 8.99. The fourth-order valence-corrected chi connectivity index (χ4v) is 5.32. The van der Waals surface area contributed by atoms with Gasteiger partial charge in [0.1, 0.15) is 11.4 Å². The van der Waals surface area contributed by atoms with Gasteiger partial charge in [0.2, 0.25) is 5.95 Å². The molecular weight excluding hydrogens is 620 g/mol. The van der Waals surface area contributed by atoms with Gasteiger partial charge in [-0.3, -0.25) is 4.68 Å². The van der Waals surface area contributed by atoms with Crippen LogP contribution in [0.2, 0.25) is 0 Å². The van der Waals surface area contributed by atoms with E-state index in [0.29, 0.717) is 36.1 Å². The number of amides is 1. The number of alkyl halides is 6. The number of hydrogen-bond donors (Lipinski definition) is 0. The highest BCUT2D eigenvalue weighted by Crippen LogP contribution is 2.37. The van der Waals surface area contributed by atoms with Gasteiger partial charge in [-0.2, -0.15) is 31.4 Å². The lowest BCUT2D eigenvalue weighted by atomic mass is 10.0. The molecule has 2 aromatic carbocycles. The molecule has 0 spiro atoms. The van der Waals surface area contributed by atoms with Gasteiger partial charge >= 0.3 is 18.4 Å². The summed E-state index contributed by atoms with van der Waals surface area (Å²) in [6.07, 6.45) is -3.69. The average molecular weight is 648 g/mol. The van der Waals surface area contributed by atoms with Gasteiger partial charge in [-0.15, -0.1) is 4.91 Å². The number of benzene rings is 2. The Morgan fingerprint density at radius 2 is 1.61 bits per heavy atom. The smallest absolute Gasteiger partial charge is 0.410 e. The van der Waals surface area contributed by atoms with Gasteiger partial charge < -0.3 is 14.5 Å². The third-order valence-corrected chi connectivity index (χ3v) is 7.62. The van der Waals surface area contributed by atoms with E-state index in [9.17, 15) is 36.0 Å². The van der Waals surface area contributed by atoms with Crippen LogP contribution in [0.25, 0.3) is 11.1 Å². The largest absolute Gasteiger partial charge is 0.416 e. The molecule has 1 aliphatic heterocycles. The van der Waals surface area contributed by atoms with Crippen LogP contribution in [0.5, 0.6) is 5.75 Å². The van der Waals surface area contributed by atoms with Crippen molar-refractivity contribution in [2.24, 2.45) is 12.2 Å². The Morgan fingerprint density at radius 1 is 0.978 bits per heavy atom. The zero-order valence-electron chi connectivity index (χ0n) is 24.5. The quantitative estimate of drug-likeness (QED) is 0.145. The van der Waals surface area contributed by atoms with Gasteiger partial charge in [-0.05, 0) is 66.0 Å². The predicted octanol–water partition coefficient (Wildman–Crippen LogP) is 7.37. The summed E-state index contributed by atoms with van der Waals surface area (Å²) in [5.41, 5.74) is -1.71. The SMILES string of the molecule is CC[C@@H]1C[C@H](N(Cc2cc(C(F)(F)F)cc(C(F)(F)F)c2)c2ncc(-c3cnn(C)c3)cn2)CN1C(=O)Oc1ccc(N=O)cc1. The second-order valence-corrected chi connectivity index (χ2v) is 10.8. The van der Waals surface area contributed by atoms with Crippen molar-refractivity contribution in [3.8, 4) is 16.9 Å². The summed E-state index contributed by atoms with van der Waals surface area (Å²) in [5.74, 6) is 0.205. The third kappa shape index (κ3) is 7.26. The molecule has 0 N–H and O–H groups in total. The number of likely N-dealkylation sites (tertiary alicyclic amines) is 1. The molecule has 0 saturated carbocycles. The number of rotatable bonds is 8. The van der Waals surface area contributed by atoms with Crippen LogP contribution in [-0.2, 0) is 25.9 Å². The molecule has 1 aliphatic rings. The van der Waals surface area contributed by atoms with Crippen molar-refractivity contribution >= 4 is 17.7 Å². The first kappa shape index (κ1) is 32.4. The van der Waals surface area contributed by atoms with Crippen molar-refractivity contribution in [1.29, 1.82) is 0 Å². The van der Waals surface area contributed by atoms with Crippen LogP contribution in [0.3, 0.4) is 0 Å². The Bertz CT molecular complexity index is 1660. The summed E-state index contributed by atoms with van der Waals surface area (Å²) in [6.45, 7) is 1.44. The molecule has 0 unspecified atom stereocenters. The van der Waals surface area contributed by atoms with Crippen LogP contribution < -0.4 is 9.64 Å². The Hall–Kier alpha value is -5.02. The van der Waals surface area contributed by atoms with Crippen molar-refractivity contribution in [3.63, 3.8) is 0 Å². The maximum atomic E-state index is 13.7. The lowest BCUT2D eigenvalue weighted by Gasteiger charge is -2.29. The molecule has 46 heavy (non-hydrogen) atoms. The zero-order valence-corrected chi connectivity index (χ0v) is 24.5. The van der Waals surface area contributed by atoms with Gasteiger partial charge in [0.25, 0.3) is 0 Å². The van der Waals surface area contributed by atoms with E-state index in [1.807, 2.05) is 6.92 Å². The van der Waals surface area contributed by atoms with E-state index < -0.39 is 42.2 Å². The number of nitrogens with zero attached hydrogens (tertiary/aromatic N) is 7. The minimum Gasteiger partial charge on any atom is -0.410 e. The minimum atomic E-state index is -5.02. The summed E-state index contributed by atoms with van der Waals surface area (Å²) in [6, 6.07) is 5.98. The number of hydrogen-bond acceptors (Lipinski definition) is 8. The van der Waals surface area contributed by atoms with Gasteiger partial charge in [-0.1, -0.05) is 6.92 Å². The first-order valence-electron chi connectivity index (χ1n) is 14.0. The Morgan fingerprint density at radius 3 is 2.13 bits per heavy atom. The number of nitroso groups, excluding NO2 is 1. The van der Waals surface area contributed by atoms with Crippen LogP contribution in [0.15, 0.2) is 72.4 Å². The van der Waals surface area contributed by atoms with E-state index in [1.54, 1.807) is 24.1 Å². The average Bonchev–Trinajstić information content (AvgIpc) is 3.66. The fraction of sp³-hybridized carbons (Fsp3) is 0.333. The van der Waals surface area contributed by atoms with Gasteiger partial charge in [-0.25, -0.2) is 14.8 Å². The van der Waals surface area contributed by atoms with Crippen LogP contribution in [-0.4, -0.2) is 49.4 Å². The summed E-state index contributed by atoms with van der Waals surface area (Å²) in [5, 5.41) is 6.91. The predicted molar refractivity (Wildman–Crippen MR) is 154 cm³/mol.